The van der Waals surface area contributed by atoms with Crippen molar-refractivity contribution in [3.63, 3.8) is 0 Å². The van der Waals surface area contributed by atoms with Crippen molar-refractivity contribution < 1.29 is 9.53 Å². The van der Waals surface area contributed by atoms with E-state index < -0.39 is 0 Å². The lowest BCUT2D eigenvalue weighted by Crippen LogP contribution is -2.42. The zero-order chi connectivity index (χ0) is 11.4. The number of carbonyl (C=O) groups is 1. The minimum absolute atomic E-state index is 0.0301. The van der Waals surface area contributed by atoms with Crippen molar-refractivity contribution >= 4 is 22.5 Å². The van der Waals surface area contributed by atoms with Crippen LogP contribution in [0.5, 0.6) is 0 Å². The maximum atomic E-state index is 11.6. The van der Waals surface area contributed by atoms with Crippen LogP contribution in [-0.4, -0.2) is 29.8 Å². The van der Waals surface area contributed by atoms with E-state index in [0.29, 0.717) is 5.13 Å². The molecule has 0 spiro atoms. The van der Waals surface area contributed by atoms with Gasteiger partial charge in [0.15, 0.2) is 5.13 Å². The molecule has 16 heavy (non-hydrogen) atoms. The third-order valence-corrected chi connectivity index (χ3v) is 3.22. The van der Waals surface area contributed by atoms with Gasteiger partial charge in [-0.15, -0.1) is 11.3 Å². The summed E-state index contributed by atoms with van der Waals surface area (Å²) in [4.78, 5) is 15.5. The molecule has 2 amide bonds. The lowest BCUT2D eigenvalue weighted by molar-refractivity contribution is 0.0868. The minimum atomic E-state index is -0.224. The Morgan fingerprint density at radius 3 is 3.25 bits per heavy atom. The summed E-state index contributed by atoms with van der Waals surface area (Å²) >= 11 is 1.40. The van der Waals surface area contributed by atoms with Crippen molar-refractivity contribution in [2.24, 2.45) is 0 Å². The standard InChI is InChI=1S/C10H15N3O2S/c1-7(8-3-2-5-15-8)12-9(14)13-10-11-4-6-16-10/h4,6-8H,2-3,5H2,1H3,(H2,11,12,13,14)/t7-,8-/m1/s1. The Bertz CT molecular complexity index is 336. The number of hydrogen-bond acceptors (Lipinski definition) is 4. The fourth-order valence-corrected chi connectivity index (χ4v) is 2.24. The predicted octanol–water partition coefficient (Wildman–Crippen LogP) is 1.83. The van der Waals surface area contributed by atoms with Gasteiger partial charge in [-0.2, -0.15) is 0 Å². The summed E-state index contributed by atoms with van der Waals surface area (Å²) in [6, 6.07) is -0.194. The van der Waals surface area contributed by atoms with Gasteiger partial charge in [0.25, 0.3) is 0 Å². The van der Waals surface area contributed by atoms with Crippen molar-refractivity contribution in [1.82, 2.24) is 10.3 Å². The monoisotopic (exact) mass is 241 g/mol. The summed E-state index contributed by atoms with van der Waals surface area (Å²) in [5.74, 6) is 0. The number of urea groups is 1. The van der Waals surface area contributed by atoms with Gasteiger partial charge < -0.3 is 10.1 Å². The van der Waals surface area contributed by atoms with E-state index >= 15 is 0 Å². The van der Waals surface area contributed by atoms with Gasteiger partial charge in [-0.25, -0.2) is 9.78 Å². The Balaban J connectivity index is 1.78. The molecule has 6 heteroatoms. The van der Waals surface area contributed by atoms with Gasteiger partial charge in [0.2, 0.25) is 0 Å². The largest absolute Gasteiger partial charge is 0.376 e. The number of nitrogens with zero attached hydrogens (tertiary/aromatic N) is 1. The van der Waals surface area contributed by atoms with Crippen LogP contribution >= 0.6 is 11.3 Å². The highest BCUT2D eigenvalue weighted by Crippen LogP contribution is 2.15. The Labute approximate surface area is 98.2 Å². The molecule has 0 bridgehead atoms. The molecule has 1 aliphatic rings. The summed E-state index contributed by atoms with van der Waals surface area (Å²) in [7, 11) is 0. The van der Waals surface area contributed by atoms with E-state index in [4.69, 9.17) is 4.74 Å². The van der Waals surface area contributed by atoms with Crippen LogP contribution in [0.2, 0.25) is 0 Å². The van der Waals surface area contributed by atoms with E-state index in [1.807, 2.05) is 12.3 Å². The average molecular weight is 241 g/mol. The van der Waals surface area contributed by atoms with Crippen LogP contribution in [0.15, 0.2) is 11.6 Å². The summed E-state index contributed by atoms with van der Waals surface area (Å²) < 4.78 is 5.50. The molecular formula is C10H15N3O2S. The molecule has 2 heterocycles. The van der Waals surface area contributed by atoms with Crippen molar-refractivity contribution in [2.75, 3.05) is 11.9 Å². The Morgan fingerprint density at radius 2 is 2.62 bits per heavy atom. The molecule has 1 aromatic rings. The first-order chi connectivity index (χ1) is 7.75. The second kappa shape index (κ2) is 5.27. The molecule has 2 atom stereocenters. The van der Waals surface area contributed by atoms with E-state index in [2.05, 4.69) is 15.6 Å². The number of nitrogens with one attached hydrogen (secondary N) is 2. The molecule has 88 valence electrons. The summed E-state index contributed by atoms with van der Waals surface area (Å²) in [5, 5.41) is 7.96. The number of amides is 2. The fraction of sp³-hybridized carbons (Fsp3) is 0.600. The second-order valence-electron chi connectivity index (χ2n) is 3.78. The molecule has 1 saturated heterocycles. The van der Waals surface area contributed by atoms with E-state index in [-0.39, 0.29) is 18.2 Å². The molecule has 1 aliphatic heterocycles. The Hall–Kier alpha value is -1.14. The molecule has 1 fully saturated rings. The number of rotatable bonds is 3. The van der Waals surface area contributed by atoms with Crippen molar-refractivity contribution in [2.45, 2.75) is 31.9 Å². The Morgan fingerprint density at radius 1 is 1.75 bits per heavy atom. The lowest BCUT2D eigenvalue weighted by atomic mass is 10.1. The van der Waals surface area contributed by atoms with Gasteiger partial charge >= 0.3 is 6.03 Å². The van der Waals surface area contributed by atoms with E-state index in [1.165, 1.54) is 11.3 Å². The summed E-state index contributed by atoms with van der Waals surface area (Å²) in [5.41, 5.74) is 0. The van der Waals surface area contributed by atoms with Crippen LogP contribution in [0.4, 0.5) is 9.93 Å². The molecule has 0 saturated carbocycles. The second-order valence-corrected chi connectivity index (χ2v) is 4.67. The summed E-state index contributed by atoms with van der Waals surface area (Å²) in [6.07, 6.45) is 3.88. The van der Waals surface area contributed by atoms with Gasteiger partial charge in [-0.1, -0.05) is 0 Å². The number of ether oxygens (including phenoxy) is 1. The Kier molecular flexibility index (Phi) is 3.74. The zero-order valence-electron chi connectivity index (χ0n) is 9.10. The smallest absolute Gasteiger partial charge is 0.321 e. The summed E-state index contributed by atoms with van der Waals surface area (Å²) in [6.45, 7) is 2.75. The number of anilines is 1. The van der Waals surface area contributed by atoms with Gasteiger partial charge in [-0.05, 0) is 19.8 Å². The number of aromatic nitrogens is 1. The highest BCUT2D eigenvalue weighted by molar-refractivity contribution is 7.13. The number of hydrogen-bond donors (Lipinski definition) is 2. The first-order valence-corrected chi connectivity index (χ1v) is 6.22. The van der Waals surface area contributed by atoms with Crippen molar-refractivity contribution in [3.05, 3.63) is 11.6 Å². The van der Waals surface area contributed by atoms with E-state index in [9.17, 15) is 4.79 Å². The SMILES string of the molecule is C[C@@H](NC(=O)Nc1nccs1)[C@H]1CCCO1. The third-order valence-electron chi connectivity index (χ3n) is 2.53. The molecule has 0 aliphatic carbocycles. The quantitative estimate of drug-likeness (QED) is 0.848. The topological polar surface area (TPSA) is 63.2 Å². The predicted molar refractivity (Wildman–Crippen MR) is 62.7 cm³/mol. The van der Waals surface area contributed by atoms with Crippen LogP contribution in [0.25, 0.3) is 0 Å². The first-order valence-electron chi connectivity index (χ1n) is 5.34. The van der Waals surface area contributed by atoms with Gasteiger partial charge in [0, 0.05) is 18.2 Å². The number of carbonyl (C=O) groups excluding carboxylic acids is 1. The van der Waals surface area contributed by atoms with Crippen LogP contribution in [-0.2, 0) is 4.74 Å². The molecule has 1 aromatic heterocycles. The van der Waals surface area contributed by atoms with Gasteiger partial charge in [0.1, 0.15) is 0 Å². The maximum Gasteiger partial charge on any atom is 0.321 e. The van der Waals surface area contributed by atoms with E-state index in [0.717, 1.165) is 19.4 Å². The molecule has 2 N–H and O–H groups in total. The minimum Gasteiger partial charge on any atom is -0.376 e. The van der Waals surface area contributed by atoms with Crippen LogP contribution < -0.4 is 10.6 Å². The molecule has 0 aromatic carbocycles. The normalized spacial score (nSPS) is 21.7. The molecule has 2 rings (SSSR count). The fourth-order valence-electron chi connectivity index (χ4n) is 1.72. The lowest BCUT2D eigenvalue weighted by Gasteiger charge is -2.19. The first kappa shape index (κ1) is 11.3. The third kappa shape index (κ3) is 2.93. The van der Waals surface area contributed by atoms with Crippen LogP contribution in [0, 0.1) is 0 Å². The van der Waals surface area contributed by atoms with Crippen LogP contribution in [0.3, 0.4) is 0 Å². The van der Waals surface area contributed by atoms with Gasteiger partial charge in [-0.3, -0.25) is 5.32 Å². The van der Waals surface area contributed by atoms with Crippen molar-refractivity contribution in [3.8, 4) is 0 Å². The average Bonchev–Trinajstić information content (AvgIpc) is 2.88. The van der Waals surface area contributed by atoms with Gasteiger partial charge in [0.05, 0.1) is 12.1 Å². The zero-order valence-corrected chi connectivity index (χ0v) is 9.92. The highest BCUT2D eigenvalue weighted by atomic mass is 32.1. The molecule has 5 nitrogen and oxygen atoms in total. The van der Waals surface area contributed by atoms with Crippen molar-refractivity contribution in [1.29, 1.82) is 0 Å². The number of thiazole rings is 1. The highest BCUT2D eigenvalue weighted by Gasteiger charge is 2.23. The molecule has 0 radical (unpaired) electrons. The maximum absolute atomic E-state index is 11.6. The molecular weight excluding hydrogens is 226 g/mol. The van der Waals surface area contributed by atoms with Crippen LogP contribution in [0.1, 0.15) is 19.8 Å². The van der Waals surface area contributed by atoms with E-state index in [1.54, 1.807) is 6.20 Å². The molecule has 0 unspecified atom stereocenters.